The number of hydrogen-bond acceptors (Lipinski definition) is 3. The first-order valence-corrected chi connectivity index (χ1v) is 8.19. The van der Waals surface area contributed by atoms with Gasteiger partial charge in [0, 0.05) is 30.8 Å². The predicted molar refractivity (Wildman–Crippen MR) is 94.4 cm³/mol. The molecule has 0 aliphatic rings. The van der Waals surface area contributed by atoms with Crippen LogP contribution in [0.15, 0.2) is 40.8 Å². The average Bonchev–Trinajstić information content (AvgIpc) is 3.10. The molecule has 128 valence electrons. The summed E-state index contributed by atoms with van der Waals surface area (Å²) in [7, 11) is 4.14. The van der Waals surface area contributed by atoms with Crippen LogP contribution in [-0.4, -0.2) is 42.0 Å². The maximum atomic E-state index is 13.4. The van der Waals surface area contributed by atoms with E-state index in [-0.39, 0.29) is 5.82 Å². The third-order valence-electron chi connectivity index (χ3n) is 4.07. The van der Waals surface area contributed by atoms with Gasteiger partial charge in [-0.15, -0.1) is 0 Å². The van der Waals surface area contributed by atoms with Gasteiger partial charge >= 0.3 is 0 Å². The van der Waals surface area contributed by atoms with Gasteiger partial charge in [0.15, 0.2) is 0 Å². The molecule has 0 unspecified atom stereocenters. The summed E-state index contributed by atoms with van der Waals surface area (Å²) < 4.78 is 19.1. The van der Waals surface area contributed by atoms with Crippen molar-refractivity contribution in [1.29, 1.82) is 0 Å². The number of aromatic amines is 1. The van der Waals surface area contributed by atoms with E-state index in [9.17, 15) is 4.39 Å². The number of rotatable bonds is 7. The second kappa shape index (κ2) is 7.20. The summed E-state index contributed by atoms with van der Waals surface area (Å²) in [6.07, 6.45) is 0. The Kier molecular flexibility index (Phi) is 5.02. The predicted octanol–water partition coefficient (Wildman–Crippen LogP) is 3.77. The summed E-state index contributed by atoms with van der Waals surface area (Å²) in [5.41, 5.74) is 1.92. The SMILES string of the molecule is Cc1ccc(CN(CCN(C)C)Cc2cc3ccc(F)cc3[nH]2)o1. The van der Waals surface area contributed by atoms with Crippen LogP contribution in [0.1, 0.15) is 17.2 Å². The Hall–Kier alpha value is -2.11. The van der Waals surface area contributed by atoms with Gasteiger partial charge in [0.25, 0.3) is 0 Å². The van der Waals surface area contributed by atoms with Gasteiger partial charge < -0.3 is 14.3 Å². The highest BCUT2D eigenvalue weighted by molar-refractivity contribution is 5.80. The number of halogens is 1. The number of aromatic nitrogens is 1. The van der Waals surface area contributed by atoms with E-state index in [0.717, 1.165) is 54.3 Å². The maximum absolute atomic E-state index is 13.4. The number of aryl methyl sites for hydroxylation is 1. The Bertz CT molecular complexity index is 806. The van der Waals surface area contributed by atoms with Crippen molar-refractivity contribution in [2.24, 2.45) is 0 Å². The molecule has 0 atom stereocenters. The van der Waals surface area contributed by atoms with Gasteiger partial charge in [0.1, 0.15) is 17.3 Å². The lowest BCUT2D eigenvalue weighted by Gasteiger charge is -2.22. The van der Waals surface area contributed by atoms with Crippen molar-refractivity contribution in [2.75, 3.05) is 27.2 Å². The van der Waals surface area contributed by atoms with Crippen molar-refractivity contribution in [2.45, 2.75) is 20.0 Å². The molecule has 4 nitrogen and oxygen atoms in total. The smallest absolute Gasteiger partial charge is 0.125 e. The van der Waals surface area contributed by atoms with Crippen LogP contribution in [0.2, 0.25) is 0 Å². The zero-order chi connectivity index (χ0) is 17.1. The van der Waals surface area contributed by atoms with Gasteiger partial charge in [-0.1, -0.05) is 0 Å². The molecule has 3 aromatic rings. The van der Waals surface area contributed by atoms with Crippen molar-refractivity contribution < 1.29 is 8.81 Å². The minimum Gasteiger partial charge on any atom is -0.465 e. The molecule has 0 fully saturated rings. The van der Waals surface area contributed by atoms with Gasteiger partial charge in [-0.25, -0.2) is 4.39 Å². The molecule has 2 heterocycles. The molecular formula is C19H24FN3O. The average molecular weight is 329 g/mol. The van der Waals surface area contributed by atoms with Gasteiger partial charge in [-0.05, 0) is 62.8 Å². The Morgan fingerprint density at radius 1 is 1.04 bits per heavy atom. The van der Waals surface area contributed by atoms with Crippen LogP contribution in [-0.2, 0) is 13.1 Å². The number of hydrogen-bond donors (Lipinski definition) is 1. The molecule has 5 heteroatoms. The van der Waals surface area contributed by atoms with E-state index in [4.69, 9.17) is 4.42 Å². The van der Waals surface area contributed by atoms with Crippen molar-refractivity contribution in [3.8, 4) is 0 Å². The summed E-state index contributed by atoms with van der Waals surface area (Å²) in [5, 5.41) is 1.04. The fourth-order valence-corrected chi connectivity index (χ4v) is 2.83. The monoisotopic (exact) mass is 329 g/mol. The molecule has 0 aliphatic heterocycles. The Balaban J connectivity index is 1.75. The van der Waals surface area contributed by atoms with Crippen LogP contribution in [0, 0.1) is 12.7 Å². The van der Waals surface area contributed by atoms with E-state index in [1.54, 1.807) is 6.07 Å². The van der Waals surface area contributed by atoms with Crippen LogP contribution < -0.4 is 0 Å². The molecular weight excluding hydrogens is 305 g/mol. The standard InChI is InChI=1S/C19H24FN3O/c1-14-4-7-18(24-14)13-23(9-8-22(2)3)12-17-10-15-5-6-16(20)11-19(15)21-17/h4-7,10-11,21H,8-9,12-13H2,1-3H3. The number of nitrogens with zero attached hydrogens (tertiary/aromatic N) is 2. The fourth-order valence-electron chi connectivity index (χ4n) is 2.83. The third-order valence-corrected chi connectivity index (χ3v) is 4.07. The molecule has 0 saturated carbocycles. The largest absolute Gasteiger partial charge is 0.465 e. The number of likely N-dealkylation sites (N-methyl/N-ethyl adjacent to an activating group) is 1. The first-order chi connectivity index (χ1) is 11.5. The molecule has 0 radical (unpaired) electrons. The van der Waals surface area contributed by atoms with E-state index in [2.05, 4.69) is 34.9 Å². The number of furan rings is 1. The topological polar surface area (TPSA) is 35.4 Å². The summed E-state index contributed by atoms with van der Waals surface area (Å²) in [6.45, 7) is 5.38. The Morgan fingerprint density at radius 3 is 2.58 bits per heavy atom. The summed E-state index contributed by atoms with van der Waals surface area (Å²) >= 11 is 0. The summed E-state index contributed by atoms with van der Waals surface area (Å²) in [5.74, 6) is 1.68. The molecule has 0 spiro atoms. The minimum absolute atomic E-state index is 0.216. The highest BCUT2D eigenvalue weighted by atomic mass is 19.1. The van der Waals surface area contributed by atoms with E-state index < -0.39 is 0 Å². The third kappa shape index (κ3) is 4.24. The van der Waals surface area contributed by atoms with Gasteiger partial charge in [-0.2, -0.15) is 0 Å². The molecule has 24 heavy (non-hydrogen) atoms. The van der Waals surface area contributed by atoms with E-state index >= 15 is 0 Å². The van der Waals surface area contributed by atoms with Crippen LogP contribution >= 0.6 is 0 Å². The highest BCUT2D eigenvalue weighted by Crippen LogP contribution is 2.19. The van der Waals surface area contributed by atoms with E-state index in [0.29, 0.717) is 0 Å². The van der Waals surface area contributed by atoms with Crippen LogP contribution in [0.25, 0.3) is 10.9 Å². The van der Waals surface area contributed by atoms with Crippen molar-refractivity contribution in [1.82, 2.24) is 14.8 Å². The highest BCUT2D eigenvalue weighted by Gasteiger charge is 2.12. The van der Waals surface area contributed by atoms with Gasteiger partial charge in [0.05, 0.1) is 6.54 Å². The Labute approximate surface area is 141 Å². The zero-order valence-electron chi connectivity index (χ0n) is 14.5. The molecule has 0 amide bonds. The molecule has 3 rings (SSSR count). The van der Waals surface area contributed by atoms with Crippen LogP contribution in [0.5, 0.6) is 0 Å². The van der Waals surface area contributed by atoms with Crippen LogP contribution in [0.3, 0.4) is 0 Å². The fraction of sp³-hybridized carbons (Fsp3) is 0.368. The van der Waals surface area contributed by atoms with Crippen molar-refractivity contribution >= 4 is 10.9 Å². The van der Waals surface area contributed by atoms with Crippen molar-refractivity contribution in [3.63, 3.8) is 0 Å². The number of H-pyrrole nitrogens is 1. The maximum Gasteiger partial charge on any atom is 0.125 e. The molecule has 0 saturated heterocycles. The van der Waals surface area contributed by atoms with Gasteiger partial charge in [0.2, 0.25) is 0 Å². The quantitative estimate of drug-likeness (QED) is 0.717. The summed E-state index contributed by atoms with van der Waals surface area (Å²) in [4.78, 5) is 7.82. The lowest BCUT2D eigenvalue weighted by Crippen LogP contribution is -2.31. The van der Waals surface area contributed by atoms with E-state index in [1.165, 1.54) is 6.07 Å². The summed E-state index contributed by atoms with van der Waals surface area (Å²) in [6, 6.07) is 11.0. The van der Waals surface area contributed by atoms with Crippen LogP contribution in [0.4, 0.5) is 4.39 Å². The molecule has 1 N–H and O–H groups in total. The second-order valence-electron chi connectivity index (χ2n) is 6.55. The second-order valence-corrected chi connectivity index (χ2v) is 6.55. The molecule has 0 aliphatic carbocycles. The molecule has 2 aromatic heterocycles. The Morgan fingerprint density at radius 2 is 1.88 bits per heavy atom. The lowest BCUT2D eigenvalue weighted by molar-refractivity contribution is 0.208. The van der Waals surface area contributed by atoms with Gasteiger partial charge in [-0.3, -0.25) is 4.90 Å². The number of nitrogens with one attached hydrogen (secondary N) is 1. The first-order valence-electron chi connectivity index (χ1n) is 8.19. The van der Waals surface area contributed by atoms with E-state index in [1.807, 2.05) is 25.1 Å². The number of benzene rings is 1. The first kappa shape index (κ1) is 16.7. The molecule has 0 bridgehead atoms. The normalized spacial score (nSPS) is 11.9. The van der Waals surface area contributed by atoms with Crippen molar-refractivity contribution in [3.05, 3.63) is 59.4 Å². The number of fused-ring (bicyclic) bond motifs is 1. The lowest BCUT2D eigenvalue weighted by atomic mass is 10.2. The molecule has 1 aromatic carbocycles. The zero-order valence-corrected chi connectivity index (χ0v) is 14.5. The minimum atomic E-state index is -0.216.